The maximum Gasteiger partial charge on any atom is 0.150 e. The lowest BCUT2D eigenvalue weighted by Gasteiger charge is -2.26. The number of halogens is 1. The van der Waals surface area contributed by atoms with Gasteiger partial charge in [0.25, 0.3) is 0 Å². The first kappa shape index (κ1) is 12.2. The van der Waals surface area contributed by atoms with Crippen molar-refractivity contribution in [2.24, 2.45) is 0 Å². The number of nitrogens with one attached hydrogen (secondary N) is 1. The van der Waals surface area contributed by atoms with E-state index in [1.54, 1.807) is 0 Å². The lowest BCUT2D eigenvalue weighted by Crippen LogP contribution is -2.28. The number of benzene rings is 1. The van der Waals surface area contributed by atoms with Gasteiger partial charge in [0.05, 0.1) is 0 Å². The fourth-order valence-electron chi connectivity index (χ4n) is 2.50. The van der Waals surface area contributed by atoms with E-state index in [4.69, 9.17) is 17.3 Å². The van der Waals surface area contributed by atoms with E-state index in [1.807, 2.05) is 0 Å². The zero-order valence-electron chi connectivity index (χ0n) is 10.4. The van der Waals surface area contributed by atoms with E-state index in [1.165, 1.54) is 17.5 Å². The van der Waals surface area contributed by atoms with Crippen LogP contribution in [0, 0.1) is 0 Å². The van der Waals surface area contributed by atoms with Gasteiger partial charge in [-0.1, -0.05) is 35.9 Å². The molecule has 0 saturated heterocycles. The summed E-state index contributed by atoms with van der Waals surface area (Å²) >= 11 is 6.10. The van der Waals surface area contributed by atoms with Crippen LogP contribution in [-0.4, -0.2) is 16.0 Å². The second-order valence-electron chi connectivity index (χ2n) is 4.77. The summed E-state index contributed by atoms with van der Waals surface area (Å²) in [5, 5.41) is 3.77. The molecule has 4 nitrogen and oxygen atoms in total. The molecule has 0 bridgehead atoms. The van der Waals surface area contributed by atoms with Crippen LogP contribution in [0.4, 0.5) is 11.6 Å². The Morgan fingerprint density at radius 2 is 2.00 bits per heavy atom. The number of rotatable bonds is 2. The second kappa shape index (κ2) is 5.05. The molecule has 0 amide bonds. The molecule has 19 heavy (non-hydrogen) atoms. The van der Waals surface area contributed by atoms with Crippen LogP contribution in [0.3, 0.4) is 0 Å². The number of fused-ring (bicyclic) bond motifs is 1. The average molecular weight is 275 g/mol. The third-order valence-corrected chi connectivity index (χ3v) is 3.88. The van der Waals surface area contributed by atoms with E-state index < -0.39 is 0 Å². The number of nitrogen functional groups attached to an aromatic ring is 1. The van der Waals surface area contributed by atoms with E-state index in [0.29, 0.717) is 22.7 Å². The van der Waals surface area contributed by atoms with Crippen molar-refractivity contribution in [2.45, 2.75) is 25.3 Å². The topological polar surface area (TPSA) is 63.8 Å². The highest BCUT2D eigenvalue weighted by Crippen LogP contribution is 2.27. The Morgan fingerprint density at radius 3 is 2.84 bits per heavy atom. The Labute approximate surface area is 117 Å². The van der Waals surface area contributed by atoms with Crippen LogP contribution in [0.15, 0.2) is 30.6 Å². The molecule has 0 spiro atoms. The summed E-state index contributed by atoms with van der Waals surface area (Å²) in [7, 11) is 0. The highest BCUT2D eigenvalue weighted by molar-refractivity contribution is 6.35. The fraction of sp³-hybridized carbons (Fsp3) is 0.286. The second-order valence-corrected chi connectivity index (χ2v) is 5.15. The van der Waals surface area contributed by atoms with Gasteiger partial charge in [0.1, 0.15) is 17.2 Å². The van der Waals surface area contributed by atoms with Crippen molar-refractivity contribution in [1.82, 2.24) is 9.97 Å². The summed E-state index contributed by atoms with van der Waals surface area (Å²) in [5.74, 6) is 0.939. The van der Waals surface area contributed by atoms with Crippen molar-refractivity contribution in [3.8, 4) is 0 Å². The van der Waals surface area contributed by atoms with Gasteiger partial charge in [0.15, 0.2) is 5.82 Å². The Kier molecular flexibility index (Phi) is 3.25. The number of hydrogen-bond donors (Lipinski definition) is 2. The Balaban J connectivity index is 1.77. The van der Waals surface area contributed by atoms with Crippen LogP contribution < -0.4 is 11.1 Å². The van der Waals surface area contributed by atoms with E-state index in [-0.39, 0.29) is 0 Å². The molecule has 0 aliphatic heterocycles. The first-order valence-electron chi connectivity index (χ1n) is 6.33. The molecule has 2 aromatic rings. The molecule has 3 N–H and O–H groups in total. The van der Waals surface area contributed by atoms with Crippen LogP contribution >= 0.6 is 11.6 Å². The van der Waals surface area contributed by atoms with Crippen molar-refractivity contribution >= 4 is 23.2 Å². The Morgan fingerprint density at radius 1 is 1.21 bits per heavy atom. The van der Waals surface area contributed by atoms with E-state index in [0.717, 1.165) is 19.3 Å². The summed E-state index contributed by atoms with van der Waals surface area (Å²) in [6.45, 7) is 0. The normalized spacial score (nSPS) is 17.8. The number of nitrogens with zero attached hydrogens (tertiary/aromatic N) is 2. The van der Waals surface area contributed by atoms with Crippen LogP contribution in [0.2, 0.25) is 5.02 Å². The molecule has 1 aromatic heterocycles. The van der Waals surface area contributed by atoms with Gasteiger partial charge in [-0.2, -0.15) is 0 Å². The first-order chi connectivity index (χ1) is 9.24. The van der Waals surface area contributed by atoms with Crippen LogP contribution in [0.1, 0.15) is 17.5 Å². The summed E-state index contributed by atoms with van der Waals surface area (Å²) in [6.07, 6.45) is 4.56. The molecule has 1 unspecified atom stereocenters. The molecule has 98 valence electrons. The third-order valence-electron chi connectivity index (χ3n) is 3.50. The number of anilines is 2. The largest absolute Gasteiger partial charge is 0.382 e. The van der Waals surface area contributed by atoms with Gasteiger partial charge in [-0.3, -0.25) is 0 Å². The molecule has 1 aliphatic rings. The molecular formula is C14H15ClN4. The smallest absolute Gasteiger partial charge is 0.150 e. The van der Waals surface area contributed by atoms with Gasteiger partial charge < -0.3 is 11.1 Å². The van der Waals surface area contributed by atoms with E-state index in [9.17, 15) is 0 Å². The van der Waals surface area contributed by atoms with Crippen molar-refractivity contribution < 1.29 is 0 Å². The van der Waals surface area contributed by atoms with Gasteiger partial charge >= 0.3 is 0 Å². The molecule has 0 radical (unpaired) electrons. The molecular weight excluding hydrogens is 260 g/mol. The highest BCUT2D eigenvalue weighted by Gasteiger charge is 2.19. The summed E-state index contributed by atoms with van der Waals surface area (Å²) in [6, 6.07) is 8.88. The lowest BCUT2D eigenvalue weighted by atomic mass is 9.88. The van der Waals surface area contributed by atoms with Gasteiger partial charge in [0.2, 0.25) is 0 Å². The van der Waals surface area contributed by atoms with Crippen LogP contribution in [0.5, 0.6) is 0 Å². The summed E-state index contributed by atoms with van der Waals surface area (Å²) in [4.78, 5) is 8.02. The van der Waals surface area contributed by atoms with Gasteiger partial charge in [0, 0.05) is 6.04 Å². The lowest BCUT2D eigenvalue weighted by molar-refractivity contribution is 0.608. The van der Waals surface area contributed by atoms with Crippen molar-refractivity contribution in [1.29, 1.82) is 0 Å². The van der Waals surface area contributed by atoms with Crippen molar-refractivity contribution in [3.63, 3.8) is 0 Å². The first-order valence-corrected chi connectivity index (χ1v) is 6.71. The summed E-state index contributed by atoms with van der Waals surface area (Å²) in [5.41, 5.74) is 8.51. The summed E-state index contributed by atoms with van der Waals surface area (Å²) < 4.78 is 0. The molecule has 0 fully saturated rings. The van der Waals surface area contributed by atoms with Gasteiger partial charge in [-0.15, -0.1) is 0 Å². The molecule has 1 heterocycles. The van der Waals surface area contributed by atoms with E-state index >= 15 is 0 Å². The van der Waals surface area contributed by atoms with Crippen molar-refractivity contribution in [2.75, 3.05) is 11.1 Å². The molecule has 1 aromatic carbocycles. The maximum absolute atomic E-state index is 6.10. The highest BCUT2D eigenvalue weighted by atomic mass is 35.5. The molecule has 1 atom stereocenters. The quantitative estimate of drug-likeness (QED) is 0.884. The Hall–Kier alpha value is -1.81. The Bertz CT molecular complexity index is 600. The number of hydrogen-bond acceptors (Lipinski definition) is 4. The minimum atomic E-state index is 0.315. The predicted octanol–water partition coefficient (Wildman–Crippen LogP) is 2.68. The third kappa shape index (κ3) is 2.49. The monoisotopic (exact) mass is 274 g/mol. The maximum atomic E-state index is 6.10. The molecule has 1 aliphatic carbocycles. The molecule has 3 rings (SSSR count). The minimum Gasteiger partial charge on any atom is -0.382 e. The molecule has 0 saturated carbocycles. The standard InChI is InChI=1S/C14H15ClN4/c15-12-13(16)17-8-18-14(12)19-11-6-5-9-3-1-2-4-10(9)7-11/h1-4,8,11H,5-7H2,(H3,16,17,18,19). The van der Waals surface area contributed by atoms with E-state index in [2.05, 4.69) is 39.6 Å². The zero-order valence-corrected chi connectivity index (χ0v) is 11.2. The number of aryl methyl sites for hydroxylation is 1. The number of aromatic nitrogens is 2. The fourth-order valence-corrected chi connectivity index (χ4v) is 2.65. The van der Waals surface area contributed by atoms with Gasteiger partial charge in [-0.25, -0.2) is 9.97 Å². The zero-order chi connectivity index (χ0) is 13.2. The predicted molar refractivity (Wildman–Crippen MR) is 77.3 cm³/mol. The molecule has 5 heteroatoms. The average Bonchev–Trinajstić information content (AvgIpc) is 2.44. The van der Waals surface area contributed by atoms with Crippen molar-refractivity contribution in [3.05, 3.63) is 46.7 Å². The number of nitrogens with two attached hydrogens (primary N) is 1. The van der Waals surface area contributed by atoms with Gasteiger partial charge in [-0.05, 0) is 30.4 Å². The van der Waals surface area contributed by atoms with Crippen LogP contribution in [-0.2, 0) is 12.8 Å². The SMILES string of the molecule is Nc1ncnc(NC2CCc3ccccc3C2)c1Cl. The van der Waals surface area contributed by atoms with Crippen LogP contribution in [0.25, 0.3) is 0 Å². The minimum absolute atomic E-state index is 0.315.